The number of carbonyl (C=O) groups excluding carboxylic acids is 1. The standard InChI is InChI=1S/C26H29BrN4O/c1-3-4-5-16(2)24-26(30-23(32)14-17-6-9-19(27)10-7-17)29-22-13-8-18-15-20(28)11-12-21(18)25(22)31-24/h6-7,9-12,15-16H,3-5,8,13-14,28H2,1-2H3,(H,29,30,32). The van der Waals surface area contributed by atoms with Crippen molar-refractivity contribution in [3.63, 3.8) is 0 Å². The Morgan fingerprint density at radius 2 is 1.94 bits per heavy atom. The van der Waals surface area contributed by atoms with Crippen LogP contribution in [0.5, 0.6) is 0 Å². The van der Waals surface area contributed by atoms with Crippen LogP contribution in [-0.2, 0) is 24.1 Å². The molecule has 1 aliphatic carbocycles. The Hall–Kier alpha value is -2.73. The van der Waals surface area contributed by atoms with Gasteiger partial charge in [0, 0.05) is 21.6 Å². The number of nitrogens with zero attached hydrogens (tertiary/aromatic N) is 2. The van der Waals surface area contributed by atoms with Gasteiger partial charge in [-0.15, -0.1) is 0 Å². The van der Waals surface area contributed by atoms with Gasteiger partial charge in [0.15, 0.2) is 5.82 Å². The van der Waals surface area contributed by atoms with Crippen LogP contribution in [0.25, 0.3) is 11.3 Å². The third-order valence-electron chi connectivity index (χ3n) is 6.00. The highest BCUT2D eigenvalue weighted by atomic mass is 79.9. The molecule has 3 N–H and O–H groups in total. The number of aryl methyl sites for hydroxylation is 2. The number of carbonyl (C=O) groups is 1. The molecule has 166 valence electrons. The lowest BCUT2D eigenvalue weighted by Crippen LogP contribution is -2.20. The molecular formula is C26H29BrN4O. The van der Waals surface area contributed by atoms with E-state index in [0.29, 0.717) is 12.2 Å². The molecule has 0 radical (unpaired) electrons. The van der Waals surface area contributed by atoms with Crippen LogP contribution in [0, 0.1) is 0 Å². The summed E-state index contributed by atoms with van der Waals surface area (Å²) in [6.45, 7) is 4.36. The van der Waals surface area contributed by atoms with Crippen LogP contribution in [0.4, 0.5) is 11.5 Å². The summed E-state index contributed by atoms with van der Waals surface area (Å²) in [6, 6.07) is 13.8. The number of benzene rings is 2. The molecule has 1 amide bonds. The molecule has 1 atom stereocenters. The lowest BCUT2D eigenvalue weighted by Gasteiger charge is -2.23. The van der Waals surface area contributed by atoms with E-state index < -0.39 is 0 Å². The maximum Gasteiger partial charge on any atom is 0.229 e. The van der Waals surface area contributed by atoms with Crippen molar-refractivity contribution in [1.82, 2.24) is 9.97 Å². The monoisotopic (exact) mass is 492 g/mol. The van der Waals surface area contributed by atoms with Crippen LogP contribution in [0.1, 0.15) is 61.5 Å². The summed E-state index contributed by atoms with van der Waals surface area (Å²) < 4.78 is 0.997. The normalized spacial score (nSPS) is 13.2. The SMILES string of the molecule is CCCCC(C)c1nc2c(nc1NC(=O)Cc1ccc(Br)cc1)CCc1cc(N)ccc1-2. The molecule has 0 saturated carbocycles. The van der Waals surface area contributed by atoms with Crippen LogP contribution in [-0.4, -0.2) is 15.9 Å². The van der Waals surface area contributed by atoms with E-state index in [1.807, 2.05) is 42.5 Å². The first-order valence-corrected chi connectivity index (χ1v) is 12.1. The number of nitrogens with one attached hydrogen (secondary N) is 1. The Kier molecular flexibility index (Phi) is 6.89. The molecule has 1 heterocycles. The van der Waals surface area contributed by atoms with E-state index in [2.05, 4.69) is 35.1 Å². The van der Waals surface area contributed by atoms with Gasteiger partial charge in [-0.1, -0.05) is 60.8 Å². The van der Waals surface area contributed by atoms with Crippen LogP contribution < -0.4 is 11.1 Å². The minimum absolute atomic E-state index is 0.0745. The summed E-state index contributed by atoms with van der Waals surface area (Å²) in [5, 5.41) is 3.07. The Morgan fingerprint density at radius 3 is 2.69 bits per heavy atom. The van der Waals surface area contributed by atoms with Crippen molar-refractivity contribution >= 4 is 33.3 Å². The second-order valence-electron chi connectivity index (χ2n) is 8.56. The van der Waals surface area contributed by atoms with Gasteiger partial charge in [-0.05, 0) is 54.7 Å². The van der Waals surface area contributed by atoms with Crippen molar-refractivity contribution in [2.75, 3.05) is 11.1 Å². The molecule has 0 bridgehead atoms. The number of anilines is 2. The molecule has 0 fully saturated rings. The fraction of sp³-hybridized carbons (Fsp3) is 0.346. The summed E-state index contributed by atoms with van der Waals surface area (Å²) >= 11 is 3.44. The molecule has 5 nitrogen and oxygen atoms in total. The van der Waals surface area contributed by atoms with Gasteiger partial charge in [0.25, 0.3) is 0 Å². The minimum Gasteiger partial charge on any atom is -0.399 e. The van der Waals surface area contributed by atoms with Crippen molar-refractivity contribution in [2.45, 2.75) is 58.3 Å². The first-order chi connectivity index (χ1) is 15.4. The fourth-order valence-corrected chi connectivity index (χ4v) is 4.49. The second kappa shape index (κ2) is 9.82. The molecule has 3 aromatic rings. The molecule has 0 saturated heterocycles. The first-order valence-electron chi connectivity index (χ1n) is 11.3. The number of nitrogens with two attached hydrogens (primary N) is 1. The number of aromatic nitrogens is 2. The van der Waals surface area contributed by atoms with Gasteiger partial charge in [0.1, 0.15) is 0 Å². The van der Waals surface area contributed by atoms with E-state index in [-0.39, 0.29) is 11.8 Å². The van der Waals surface area contributed by atoms with Crippen molar-refractivity contribution in [2.24, 2.45) is 0 Å². The van der Waals surface area contributed by atoms with Crippen molar-refractivity contribution in [3.05, 3.63) is 69.5 Å². The van der Waals surface area contributed by atoms with Crippen molar-refractivity contribution in [3.8, 4) is 11.3 Å². The summed E-state index contributed by atoms with van der Waals surface area (Å²) in [4.78, 5) is 22.9. The van der Waals surface area contributed by atoms with E-state index in [9.17, 15) is 4.79 Å². The minimum atomic E-state index is -0.0745. The van der Waals surface area contributed by atoms with E-state index >= 15 is 0 Å². The van der Waals surface area contributed by atoms with Crippen molar-refractivity contribution < 1.29 is 4.79 Å². The highest BCUT2D eigenvalue weighted by Gasteiger charge is 2.24. The average molecular weight is 493 g/mol. The molecular weight excluding hydrogens is 464 g/mol. The number of hydrogen-bond acceptors (Lipinski definition) is 4. The number of nitrogen functional groups attached to an aromatic ring is 1. The Balaban J connectivity index is 1.67. The summed E-state index contributed by atoms with van der Waals surface area (Å²) in [7, 11) is 0. The molecule has 4 rings (SSSR count). The number of hydrogen-bond donors (Lipinski definition) is 2. The zero-order valence-corrected chi connectivity index (χ0v) is 20.2. The number of unbranched alkanes of at least 4 members (excludes halogenated alkanes) is 1. The van der Waals surface area contributed by atoms with Gasteiger partial charge >= 0.3 is 0 Å². The quantitative estimate of drug-likeness (QED) is 0.392. The molecule has 0 aliphatic heterocycles. The van der Waals surface area contributed by atoms with E-state index in [1.165, 1.54) is 5.56 Å². The lowest BCUT2D eigenvalue weighted by atomic mass is 9.90. The van der Waals surface area contributed by atoms with Gasteiger partial charge in [0.2, 0.25) is 5.91 Å². The maximum atomic E-state index is 12.9. The van der Waals surface area contributed by atoms with Crippen LogP contribution in [0.2, 0.25) is 0 Å². The largest absolute Gasteiger partial charge is 0.399 e. The Morgan fingerprint density at radius 1 is 1.16 bits per heavy atom. The van der Waals surface area contributed by atoms with E-state index in [1.54, 1.807) is 0 Å². The first kappa shape index (κ1) is 22.5. The second-order valence-corrected chi connectivity index (χ2v) is 9.48. The molecule has 1 unspecified atom stereocenters. The molecule has 2 aromatic carbocycles. The maximum absolute atomic E-state index is 12.9. The molecule has 32 heavy (non-hydrogen) atoms. The molecule has 6 heteroatoms. The fourth-order valence-electron chi connectivity index (χ4n) is 4.22. The predicted octanol–water partition coefficient (Wildman–Crippen LogP) is 6.06. The number of rotatable bonds is 7. The third-order valence-corrected chi connectivity index (χ3v) is 6.53. The van der Waals surface area contributed by atoms with Crippen LogP contribution in [0.15, 0.2) is 46.9 Å². The summed E-state index contributed by atoms with van der Waals surface area (Å²) in [5.74, 6) is 0.734. The molecule has 1 aliphatic rings. The van der Waals surface area contributed by atoms with Gasteiger partial charge in [-0.25, -0.2) is 9.97 Å². The van der Waals surface area contributed by atoms with Crippen LogP contribution in [0.3, 0.4) is 0 Å². The summed E-state index contributed by atoms with van der Waals surface area (Å²) in [5.41, 5.74) is 12.8. The molecule has 0 spiro atoms. The number of fused-ring (bicyclic) bond motifs is 3. The van der Waals surface area contributed by atoms with E-state index in [4.69, 9.17) is 15.7 Å². The highest BCUT2D eigenvalue weighted by molar-refractivity contribution is 9.10. The Labute approximate surface area is 198 Å². The average Bonchev–Trinajstić information content (AvgIpc) is 2.78. The lowest BCUT2D eigenvalue weighted by molar-refractivity contribution is -0.115. The topological polar surface area (TPSA) is 80.9 Å². The third kappa shape index (κ3) is 5.01. The van der Waals surface area contributed by atoms with E-state index in [0.717, 1.165) is 70.5 Å². The van der Waals surface area contributed by atoms with Gasteiger partial charge in [0.05, 0.1) is 23.5 Å². The van der Waals surface area contributed by atoms with Crippen LogP contribution >= 0.6 is 15.9 Å². The van der Waals surface area contributed by atoms with Gasteiger partial charge in [-0.3, -0.25) is 4.79 Å². The smallest absolute Gasteiger partial charge is 0.229 e. The number of amides is 1. The zero-order valence-electron chi connectivity index (χ0n) is 18.6. The Bertz CT molecular complexity index is 1130. The molecule has 1 aromatic heterocycles. The predicted molar refractivity (Wildman–Crippen MR) is 134 cm³/mol. The highest BCUT2D eigenvalue weighted by Crippen LogP contribution is 2.36. The van der Waals surface area contributed by atoms with Gasteiger partial charge in [-0.2, -0.15) is 0 Å². The zero-order chi connectivity index (χ0) is 22.7. The van der Waals surface area contributed by atoms with Gasteiger partial charge < -0.3 is 11.1 Å². The summed E-state index contributed by atoms with van der Waals surface area (Å²) in [6.07, 6.45) is 5.21. The number of halogens is 1. The van der Waals surface area contributed by atoms with Crippen molar-refractivity contribution in [1.29, 1.82) is 0 Å².